The molecule has 12 heavy (non-hydrogen) atoms. The predicted octanol–water partition coefficient (Wildman–Crippen LogP) is 0.816. The minimum absolute atomic E-state index is 0.00611. The fourth-order valence-corrected chi connectivity index (χ4v) is 0.846. The van der Waals surface area contributed by atoms with Gasteiger partial charge in [0.25, 0.3) is 5.91 Å². The number of hydrogen-bond donors (Lipinski definition) is 1. The third-order valence-electron chi connectivity index (χ3n) is 1.44. The summed E-state index contributed by atoms with van der Waals surface area (Å²) in [5, 5.41) is -0.396. The monoisotopic (exact) mass is 168 g/mol. The van der Waals surface area contributed by atoms with Gasteiger partial charge in [-0.15, -0.1) is 5.23 Å². The lowest BCUT2D eigenvalue weighted by Crippen LogP contribution is -2.30. The van der Waals surface area contributed by atoms with Crippen molar-refractivity contribution in [1.29, 1.82) is 0 Å². The first kappa shape index (κ1) is 8.67. The lowest BCUT2D eigenvalue weighted by molar-refractivity contribution is -0.146. The van der Waals surface area contributed by atoms with E-state index in [1.54, 1.807) is 24.3 Å². The van der Waals surface area contributed by atoms with Gasteiger partial charge >= 0.3 is 0 Å². The Morgan fingerprint density at radius 1 is 1.42 bits per heavy atom. The van der Waals surface area contributed by atoms with Gasteiger partial charge in [0.1, 0.15) is 0 Å². The number of hydrazine groups is 1. The van der Waals surface area contributed by atoms with Crippen LogP contribution in [-0.2, 0) is 11.2 Å². The number of nitrogens with zero attached hydrogens (tertiary/aromatic N) is 1. The summed E-state index contributed by atoms with van der Waals surface area (Å²) in [4.78, 5) is 10.7. The predicted molar refractivity (Wildman–Crippen MR) is 42.3 cm³/mol. The number of halogens is 1. The zero-order valence-electron chi connectivity index (χ0n) is 6.40. The molecule has 0 unspecified atom stereocenters. The average Bonchev–Trinajstić information content (AvgIpc) is 2.06. The molecule has 0 atom stereocenters. The van der Waals surface area contributed by atoms with Crippen LogP contribution in [-0.4, -0.2) is 11.1 Å². The summed E-state index contributed by atoms with van der Waals surface area (Å²) in [6.45, 7) is 0. The van der Waals surface area contributed by atoms with Crippen LogP contribution in [0.1, 0.15) is 5.56 Å². The molecule has 0 aliphatic carbocycles. The van der Waals surface area contributed by atoms with Gasteiger partial charge < -0.3 is 0 Å². The van der Waals surface area contributed by atoms with Crippen LogP contribution in [0, 0.1) is 0 Å². The van der Waals surface area contributed by atoms with Crippen molar-refractivity contribution in [2.45, 2.75) is 6.42 Å². The summed E-state index contributed by atoms with van der Waals surface area (Å²) >= 11 is 0. The van der Waals surface area contributed by atoms with Crippen LogP contribution in [0.5, 0.6) is 0 Å². The maximum atomic E-state index is 12.0. The van der Waals surface area contributed by atoms with Crippen LogP contribution < -0.4 is 5.84 Å². The molecule has 1 amide bonds. The van der Waals surface area contributed by atoms with E-state index in [2.05, 4.69) is 5.84 Å². The van der Waals surface area contributed by atoms with E-state index in [1.165, 1.54) is 0 Å². The van der Waals surface area contributed by atoms with Gasteiger partial charge in [0.2, 0.25) is 0 Å². The molecule has 64 valence electrons. The Labute approximate surface area is 69.5 Å². The Bertz CT molecular complexity index is 261. The smallest absolute Gasteiger partial charge is 0.270 e. The van der Waals surface area contributed by atoms with Crippen molar-refractivity contribution in [3.8, 4) is 0 Å². The lowest BCUT2D eigenvalue weighted by Gasteiger charge is -2.03. The molecule has 0 aromatic heterocycles. The second-order valence-corrected chi connectivity index (χ2v) is 2.37. The first-order chi connectivity index (χ1) is 5.70. The topological polar surface area (TPSA) is 46.3 Å². The van der Waals surface area contributed by atoms with E-state index >= 15 is 0 Å². The van der Waals surface area contributed by atoms with E-state index in [0.717, 1.165) is 5.56 Å². The molecular weight excluding hydrogens is 159 g/mol. The summed E-state index contributed by atoms with van der Waals surface area (Å²) in [6, 6.07) is 8.86. The molecule has 1 aromatic rings. The summed E-state index contributed by atoms with van der Waals surface area (Å²) in [7, 11) is 0. The summed E-state index contributed by atoms with van der Waals surface area (Å²) < 4.78 is 12.0. The first-order valence-electron chi connectivity index (χ1n) is 3.47. The minimum atomic E-state index is -0.749. The molecule has 0 bridgehead atoms. The summed E-state index contributed by atoms with van der Waals surface area (Å²) in [5.74, 6) is 3.85. The van der Waals surface area contributed by atoms with E-state index in [-0.39, 0.29) is 6.42 Å². The highest BCUT2D eigenvalue weighted by Crippen LogP contribution is 2.00. The van der Waals surface area contributed by atoms with Gasteiger partial charge in [0.05, 0.1) is 6.42 Å². The Kier molecular flexibility index (Phi) is 2.76. The van der Waals surface area contributed by atoms with Crippen molar-refractivity contribution in [2.24, 2.45) is 5.84 Å². The standard InChI is InChI=1S/C8H9FN2O/c9-11(10)8(12)6-7-4-2-1-3-5-7/h1-5H,6,10H2. The zero-order valence-corrected chi connectivity index (χ0v) is 6.40. The number of rotatable bonds is 2. The third-order valence-corrected chi connectivity index (χ3v) is 1.44. The SMILES string of the molecule is NN(F)C(=O)Cc1ccccc1. The lowest BCUT2D eigenvalue weighted by atomic mass is 10.1. The molecule has 0 radical (unpaired) electrons. The summed E-state index contributed by atoms with van der Waals surface area (Å²) in [6.07, 6.45) is -0.00611. The molecule has 0 fully saturated rings. The highest BCUT2D eigenvalue weighted by Gasteiger charge is 2.07. The normalized spacial score (nSPS) is 9.50. The molecule has 0 heterocycles. The molecule has 1 aromatic carbocycles. The molecule has 1 rings (SSSR count). The van der Waals surface area contributed by atoms with Gasteiger partial charge in [-0.1, -0.05) is 34.8 Å². The number of carbonyl (C=O) groups is 1. The Hall–Kier alpha value is -1.42. The molecule has 0 saturated heterocycles. The number of amides is 1. The zero-order chi connectivity index (χ0) is 8.97. The van der Waals surface area contributed by atoms with E-state index in [4.69, 9.17) is 0 Å². The maximum Gasteiger partial charge on any atom is 0.270 e. The van der Waals surface area contributed by atoms with Gasteiger partial charge in [-0.25, -0.2) is 5.84 Å². The van der Waals surface area contributed by atoms with Crippen LogP contribution in [0.25, 0.3) is 0 Å². The molecule has 0 saturated carbocycles. The van der Waals surface area contributed by atoms with E-state index < -0.39 is 11.1 Å². The number of carbonyl (C=O) groups excluding carboxylic acids is 1. The molecule has 0 spiro atoms. The second-order valence-electron chi connectivity index (χ2n) is 2.37. The first-order valence-corrected chi connectivity index (χ1v) is 3.47. The molecule has 0 aliphatic heterocycles. The van der Waals surface area contributed by atoms with Gasteiger partial charge in [-0.3, -0.25) is 4.79 Å². The molecular formula is C8H9FN2O. The Morgan fingerprint density at radius 2 is 2.00 bits per heavy atom. The fourth-order valence-electron chi connectivity index (χ4n) is 0.846. The Balaban J connectivity index is 2.59. The van der Waals surface area contributed by atoms with Gasteiger partial charge in [0.15, 0.2) is 0 Å². The van der Waals surface area contributed by atoms with Gasteiger partial charge in [-0.05, 0) is 5.56 Å². The van der Waals surface area contributed by atoms with Crippen molar-refractivity contribution in [3.05, 3.63) is 35.9 Å². The van der Waals surface area contributed by atoms with Crippen molar-refractivity contribution in [2.75, 3.05) is 0 Å². The number of hydrogen-bond acceptors (Lipinski definition) is 2. The largest absolute Gasteiger partial charge is 0.270 e. The average molecular weight is 168 g/mol. The number of nitrogens with two attached hydrogens (primary N) is 1. The summed E-state index contributed by atoms with van der Waals surface area (Å²) in [5.41, 5.74) is 0.746. The third kappa shape index (κ3) is 2.32. The highest BCUT2D eigenvalue weighted by molar-refractivity contribution is 5.77. The Morgan fingerprint density at radius 3 is 2.50 bits per heavy atom. The van der Waals surface area contributed by atoms with Crippen LogP contribution in [0.4, 0.5) is 4.48 Å². The van der Waals surface area contributed by atoms with Crippen LogP contribution in [0.15, 0.2) is 30.3 Å². The fraction of sp³-hybridized carbons (Fsp3) is 0.125. The van der Waals surface area contributed by atoms with Crippen molar-refractivity contribution >= 4 is 5.91 Å². The highest BCUT2D eigenvalue weighted by atomic mass is 19.2. The molecule has 0 aliphatic rings. The van der Waals surface area contributed by atoms with Crippen molar-refractivity contribution in [3.63, 3.8) is 0 Å². The maximum absolute atomic E-state index is 12.0. The number of benzene rings is 1. The molecule has 3 nitrogen and oxygen atoms in total. The second kappa shape index (κ2) is 3.82. The van der Waals surface area contributed by atoms with Gasteiger partial charge in [0, 0.05) is 0 Å². The van der Waals surface area contributed by atoms with E-state index in [9.17, 15) is 9.28 Å². The van der Waals surface area contributed by atoms with Crippen LogP contribution in [0.3, 0.4) is 0 Å². The van der Waals surface area contributed by atoms with Crippen molar-refractivity contribution < 1.29 is 9.28 Å². The quantitative estimate of drug-likeness (QED) is 0.307. The van der Waals surface area contributed by atoms with E-state index in [1.807, 2.05) is 6.07 Å². The van der Waals surface area contributed by atoms with Gasteiger partial charge in [-0.2, -0.15) is 0 Å². The molecule has 2 N–H and O–H groups in total. The van der Waals surface area contributed by atoms with E-state index in [0.29, 0.717) is 0 Å². The minimum Gasteiger partial charge on any atom is -0.270 e. The van der Waals surface area contributed by atoms with Crippen molar-refractivity contribution in [1.82, 2.24) is 5.23 Å². The molecule has 4 heteroatoms. The van der Waals surface area contributed by atoms with Crippen LogP contribution in [0.2, 0.25) is 0 Å². The van der Waals surface area contributed by atoms with Crippen LogP contribution >= 0.6 is 0 Å².